The number of amides is 1. The number of halogens is 2. The second-order valence-electron chi connectivity index (χ2n) is 9.54. The molecule has 178 valence electrons. The summed E-state index contributed by atoms with van der Waals surface area (Å²) in [6.45, 7) is 6.49. The molecule has 0 radical (unpaired) electrons. The van der Waals surface area contributed by atoms with Crippen molar-refractivity contribution in [3.05, 3.63) is 69.2 Å². The van der Waals surface area contributed by atoms with Gasteiger partial charge in [-0.1, -0.05) is 66.4 Å². The van der Waals surface area contributed by atoms with Gasteiger partial charge in [0, 0.05) is 36.2 Å². The van der Waals surface area contributed by atoms with E-state index in [1.807, 2.05) is 12.1 Å². The Kier molecular flexibility index (Phi) is 9.08. The number of piperidine rings is 1. The van der Waals surface area contributed by atoms with Crippen LogP contribution in [0.2, 0.25) is 10.0 Å². The summed E-state index contributed by atoms with van der Waals surface area (Å²) in [7, 11) is 0. The minimum absolute atomic E-state index is 0.0186. The van der Waals surface area contributed by atoms with Gasteiger partial charge in [-0.15, -0.1) is 0 Å². The number of likely N-dealkylation sites (tertiary alicyclic amines) is 2. The monoisotopic (exact) mass is 487 g/mol. The first-order chi connectivity index (χ1) is 16.1. The van der Waals surface area contributed by atoms with Crippen molar-refractivity contribution >= 4 is 29.1 Å². The Hall–Kier alpha value is -1.59. The topological polar surface area (TPSA) is 35.6 Å². The molecular weight excluding hydrogens is 453 g/mol. The van der Waals surface area contributed by atoms with Gasteiger partial charge in [0.05, 0.1) is 5.92 Å². The average molecular weight is 489 g/mol. The molecule has 1 unspecified atom stereocenters. The van der Waals surface area contributed by atoms with Crippen LogP contribution in [0, 0.1) is 5.92 Å². The van der Waals surface area contributed by atoms with Crippen molar-refractivity contribution < 1.29 is 4.79 Å². The SMILES string of the molecule is O=C(NCc1cccc(CN2CCCCCC2)c1)C1CCCN(Cc2ccc(Cl)cc2Cl)C1. The number of nitrogens with one attached hydrogen (secondary N) is 1. The summed E-state index contributed by atoms with van der Waals surface area (Å²) in [6, 6.07) is 14.3. The van der Waals surface area contributed by atoms with Gasteiger partial charge in [-0.3, -0.25) is 14.6 Å². The number of rotatable bonds is 7. The number of benzene rings is 2. The number of nitrogens with zero attached hydrogens (tertiary/aromatic N) is 2. The molecule has 2 heterocycles. The van der Waals surface area contributed by atoms with Crippen LogP contribution in [0.25, 0.3) is 0 Å². The zero-order valence-electron chi connectivity index (χ0n) is 19.4. The normalized spacial score (nSPS) is 20.4. The molecule has 1 amide bonds. The van der Waals surface area contributed by atoms with E-state index in [1.54, 1.807) is 6.07 Å². The third-order valence-corrected chi connectivity index (χ3v) is 7.44. The van der Waals surface area contributed by atoms with E-state index < -0.39 is 0 Å². The highest BCUT2D eigenvalue weighted by atomic mass is 35.5. The van der Waals surface area contributed by atoms with E-state index in [2.05, 4.69) is 39.4 Å². The zero-order valence-corrected chi connectivity index (χ0v) is 20.9. The molecule has 4 rings (SSSR count). The van der Waals surface area contributed by atoms with Crippen LogP contribution in [0.4, 0.5) is 0 Å². The maximum absolute atomic E-state index is 12.9. The molecule has 0 aliphatic carbocycles. The summed E-state index contributed by atoms with van der Waals surface area (Å²) in [6.07, 6.45) is 7.28. The molecule has 33 heavy (non-hydrogen) atoms. The predicted molar refractivity (Wildman–Crippen MR) is 136 cm³/mol. The lowest BCUT2D eigenvalue weighted by Gasteiger charge is -2.32. The third kappa shape index (κ3) is 7.45. The van der Waals surface area contributed by atoms with Crippen LogP contribution >= 0.6 is 23.2 Å². The molecular formula is C27H35Cl2N3O. The molecule has 2 aliphatic heterocycles. The fourth-order valence-electron chi connectivity index (χ4n) is 5.03. The zero-order chi connectivity index (χ0) is 23.0. The first-order valence-corrected chi connectivity index (χ1v) is 13.1. The van der Waals surface area contributed by atoms with Crippen LogP contribution in [-0.2, 0) is 24.4 Å². The lowest BCUT2D eigenvalue weighted by Crippen LogP contribution is -2.42. The Morgan fingerprint density at radius 2 is 1.64 bits per heavy atom. The fourth-order valence-corrected chi connectivity index (χ4v) is 5.50. The quantitative estimate of drug-likeness (QED) is 0.527. The standard InChI is InChI=1S/C27H35Cl2N3O/c28-25-11-10-23(26(29)16-25)19-32-14-6-9-24(20-32)27(33)30-17-21-7-5-8-22(15-21)18-31-12-3-1-2-4-13-31/h5,7-8,10-11,15-16,24H,1-4,6,9,12-14,17-20H2,(H,30,33). The molecule has 0 bridgehead atoms. The summed E-state index contributed by atoms with van der Waals surface area (Å²) in [5, 5.41) is 4.53. The van der Waals surface area contributed by atoms with Gasteiger partial charge in [-0.25, -0.2) is 0 Å². The maximum Gasteiger partial charge on any atom is 0.224 e. The summed E-state index contributed by atoms with van der Waals surface area (Å²) in [5.74, 6) is 0.171. The lowest BCUT2D eigenvalue weighted by atomic mass is 9.96. The number of hydrogen-bond donors (Lipinski definition) is 1. The van der Waals surface area contributed by atoms with Crippen molar-refractivity contribution in [2.24, 2.45) is 5.92 Å². The smallest absolute Gasteiger partial charge is 0.224 e. The van der Waals surface area contributed by atoms with Crippen LogP contribution in [0.15, 0.2) is 42.5 Å². The third-order valence-electron chi connectivity index (χ3n) is 6.85. The second kappa shape index (κ2) is 12.2. The maximum atomic E-state index is 12.9. The Morgan fingerprint density at radius 1 is 0.879 bits per heavy atom. The Bertz CT molecular complexity index is 927. The molecule has 1 atom stereocenters. The molecule has 2 fully saturated rings. The van der Waals surface area contributed by atoms with Gasteiger partial charge in [0.1, 0.15) is 0 Å². The summed E-state index contributed by atoms with van der Waals surface area (Å²) in [5.41, 5.74) is 3.58. The molecule has 4 nitrogen and oxygen atoms in total. The highest BCUT2D eigenvalue weighted by Gasteiger charge is 2.26. The number of hydrogen-bond acceptors (Lipinski definition) is 3. The summed E-state index contributed by atoms with van der Waals surface area (Å²) >= 11 is 12.4. The van der Waals surface area contributed by atoms with Gasteiger partial charge in [0.25, 0.3) is 0 Å². The minimum atomic E-state index is 0.0186. The Morgan fingerprint density at radius 3 is 2.42 bits per heavy atom. The average Bonchev–Trinajstić information content (AvgIpc) is 3.08. The number of carbonyl (C=O) groups excluding carboxylic acids is 1. The first kappa shape index (κ1) is 24.5. The van der Waals surface area contributed by atoms with Crippen LogP contribution < -0.4 is 5.32 Å². The largest absolute Gasteiger partial charge is 0.352 e. The van der Waals surface area contributed by atoms with Crippen LogP contribution in [0.1, 0.15) is 55.2 Å². The van der Waals surface area contributed by atoms with Crippen molar-refractivity contribution in [2.45, 2.75) is 58.2 Å². The number of carbonyl (C=O) groups is 1. The molecule has 2 aromatic rings. The van der Waals surface area contributed by atoms with E-state index in [0.717, 1.165) is 44.6 Å². The van der Waals surface area contributed by atoms with Crippen molar-refractivity contribution in [3.63, 3.8) is 0 Å². The first-order valence-electron chi connectivity index (χ1n) is 12.3. The molecule has 1 N–H and O–H groups in total. The predicted octanol–water partition coefficient (Wildman–Crippen LogP) is 5.90. The molecule has 0 saturated carbocycles. The summed E-state index contributed by atoms with van der Waals surface area (Å²) < 4.78 is 0. The Labute approximate surface area is 208 Å². The van der Waals surface area contributed by atoms with Gasteiger partial charge >= 0.3 is 0 Å². The van der Waals surface area contributed by atoms with Crippen molar-refractivity contribution in [1.82, 2.24) is 15.1 Å². The van der Waals surface area contributed by atoms with Crippen LogP contribution in [-0.4, -0.2) is 41.9 Å². The minimum Gasteiger partial charge on any atom is -0.352 e. The van der Waals surface area contributed by atoms with E-state index in [1.165, 1.54) is 49.9 Å². The molecule has 0 aromatic heterocycles. The van der Waals surface area contributed by atoms with Crippen LogP contribution in [0.5, 0.6) is 0 Å². The van der Waals surface area contributed by atoms with Gasteiger partial charge in [-0.05, 0) is 74.1 Å². The van der Waals surface area contributed by atoms with E-state index in [9.17, 15) is 4.79 Å². The molecule has 2 saturated heterocycles. The van der Waals surface area contributed by atoms with Crippen molar-refractivity contribution in [3.8, 4) is 0 Å². The lowest BCUT2D eigenvalue weighted by molar-refractivity contribution is -0.126. The van der Waals surface area contributed by atoms with Gasteiger partial charge in [0.2, 0.25) is 5.91 Å². The summed E-state index contributed by atoms with van der Waals surface area (Å²) in [4.78, 5) is 17.8. The molecule has 0 spiro atoms. The molecule has 6 heteroatoms. The van der Waals surface area contributed by atoms with Crippen LogP contribution in [0.3, 0.4) is 0 Å². The van der Waals surface area contributed by atoms with Gasteiger partial charge in [-0.2, -0.15) is 0 Å². The molecule has 2 aliphatic rings. The van der Waals surface area contributed by atoms with E-state index in [0.29, 0.717) is 16.6 Å². The van der Waals surface area contributed by atoms with Crippen molar-refractivity contribution in [1.29, 1.82) is 0 Å². The highest BCUT2D eigenvalue weighted by Crippen LogP contribution is 2.25. The van der Waals surface area contributed by atoms with Gasteiger partial charge in [0.15, 0.2) is 0 Å². The molecule has 2 aromatic carbocycles. The highest BCUT2D eigenvalue weighted by molar-refractivity contribution is 6.35. The fraction of sp³-hybridized carbons (Fsp3) is 0.519. The van der Waals surface area contributed by atoms with Gasteiger partial charge < -0.3 is 5.32 Å². The Balaban J connectivity index is 1.27. The van der Waals surface area contributed by atoms with Crippen molar-refractivity contribution in [2.75, 3.05) is 26.2 Å². The second-order valence-corrected chi connectivity index (χ2v) is 10.4. The van der Waals surface area contributed by atoms with E-state index in [4.69, 9.17) is 23.2 Å². The van der Waals surface area contributed by atoms with E-state index >= 15 is 0 Å². The van der Waals surface area contributed by atoms with E-state index in [-0.39, 0.29) is 11.8 Å².